The smallest absolute Gasteiger partial charge is 0.225 e. The lowest BCUT2D eigenvalue weighted by Gasteiger charge is -2.23. The zero-order valence-corrected chi connectivity index (χ0v) is 14.3. The minimum Gasteiger partial charge on any atom is -0.396 e. The van der Waals surface area contributed by atoms with Crippen LogP contribution in [0.4, 0.5) is 5.95 Å². The van der Waals surface area contributed by atoms with Gasteiger partial charge in [0.05, 0.1) is 5.69 Å². The van der Waals surface area contributed by atoms with Crippen molar-refractivity contribution in [3.63, 3.8) is 0 Å². The second kappa shape index (κ2) is 7.19. The molecule has 25 heavy (non-hydrogen) atoms. The fraction of sp³-hybridized carbons (Fsp3) is 0.333. The van der Waals surface area contributed by atoms with Crippen LogP contribution in [0.2, 0.25) is 0 Å². The maximum atomic E-state index is 9.55. The molecule has 1 N–H and O–H groups in total. The average molecular weight is 333 g/mol. The first-order valence-electron chi connectivity index (χ1n) is 9.01. The van der Waals surface area contributed by atoms with Crippen molar-refractivity contribution >= 4 is 16.7 Å². The van der Waals surface area contributed by atoms with Crippen LogP contribution in [0.3, 0.4) is 0 Å². The summed E-state index contributed by atoms with van der Waals surface area (Å²) in [5.74, 6) is 1.08. The fourth-order valence-electron chi connectivity index (χ4n) is 3.57. The highest BCUT2D eigenvalue weighted by atomic mass is 16.3. The van der Waals surface area contributed by atoms with Crippen LogP contribution >= 0.6 is 0 Å². The normalized spacial score (nSPS) is 18.3. The van der Waals surface area contributed by atoms with E-state index in [9.17, 15) is 5.11 Å². The zero-order valence-electron chi connectivity index (χ0n) is 14.3. The Labute approximate surface area is 148 Å². The highest BCUT2D eigenvalue weighted by Crippen LogP contribution is 2.25. The zero-order chi connectivity index (χ0) is 17.1. The average Bonchev–Trinajstić information content (AvgIpc) is 2.93. The van der Waals surface area contributed by atoms with E-state index in [0.717, 1.165) is 49.6 Å². The van der Waals surface area contributed by atoms with Gasteiger partial charge in [-0.25, -0.2) is 9.97 Å². The van der Waals surface area contributed by atoms with Gasteiger partial charge in [0.15, 0.2) is 0 Å². The molecule has 4 nitrogen and oxygen atoms in total. The topological polar surface area (TPSA) is 49.2 Å². The first-order valence-corrected chi connectivity index (χ1v) is 9.01. The van der Waals surface area contributed by atoms with Crippen LogP contribution < -0.4 is 4.90 Å². The Morgan fingerprint density at radius 1 is 1.04 bits per heavy atom. The van der Waals surface area contributed by atoms with E-state index in [0.29, 0.717) is 5.92 Å². The summed E-state index contributed by atoms with van der Waals surface area (Å²) in [7, 11) is 0. The lowest BCUT2D eigenvalue weighted by atomic mass is 10.0. The number of nitrogens with zero attached hydrogens (tertiary/aromatic N) is 3. The minimum absolute atomic E-state index is 0.237. The molecule has 2 aromatic carbocycles. The SMILES string of the molecule is OCC1CCCCN(c2nccc(-c3ccc4ccccc4c3)n2)C1. The van der Waals surface area contributed by atoms with Crippen LogP contribution in [-0.2, 0) is 0 Å². The molecule has 1 fully saturated rings. The van der Waals surface area contributed by atoms with Gasteiger partial charge in [-0.3, -0.25) is 0 Å². The Hall–Kier alpha value is -2.46. The van der Waals surface area contributed by atoms with Crippen molar-refractivity contribution in [3.05, 3.63) is 54.7 Å². The Morgan fingerprint density at radius 3 is 2.80 bits per heavy atom. The van der Waals surface area contributed by atoms with Gasteiger partial charge in [-0.1, -0.05) is 42.8 Å². The number of benzene rings is 2. The summed E-state index contributed by atoms with van der Waals surface area (Å²) in [6.07, 6.45) is 5.20. The van der Waals surface area contributed by atoms with E-state index in [1.165, 1.54) is 10.8 Å². The minimum atomic E-state index is 0.237. The van der Waals surface area contributed by atoms with Crippen LogP contribution in [0.25, 0.3) is 22.0 Å². The third-order valence-electron chi connectivity index (χ3n) is 5.00. The van der Waals surface area contributed by atoms with E-state index in [4.69, 9.17) is 4.98 Å². The molecule has 1 aliphatic rings. The molecular weight excluding hydrogens is 310 g/mol. The van der Waals surface area contributed by atoms with Gasteiger partial charge < -0.3 is 10.0 Å². The summed E-state index contributed by atoms with van der Waals surface area (Å²) in [6.45, 7) is 2.02. The molecule has 1 aromatic heterocycles. The molecule has 1 unspecified atom stereocenters. The highest BCUT2D eigenvalue weighted by Gasteiger charge is 2.19. The lowest BCUT2D eigenvalue weighted by molar-refractivity contribution is 0.223. The van der Waals surface area contributed by atoms with Gasteiger partial charge in [0.2, 0.25) is 5.95 Å². The molecule has 1 aliphatic heterocycles. The van der Waals surface area contributed by atoms with E-state index in [-0.39, 0.29) is 6.61 Å². The summed E-state index contributed by atoms with van der Waals surface area (Å²) in [5, 5.41) is 12.0. The van der Waals surface area contributed by atoms with Crippen molar-refractivity contribution in [1.82, 2.24) is 9.97 Å². The number of hydrogen-bond acceptors (Lipinski definition) is 4. The Balaban J connectivity index is 1.66. The third kappa shape index (κ3) is 3.49. The summed E-state index contributed by atoms with van der Waals surface area (Å²) >= 11 is 0. The molecule has 3 aromatic rings. The van der Waals surface area contributed by atoms with Crippen molar-refractivity contribution in [2.24, 2.45) is 5.92 Å². The Bertz CT molecular complexity index is 864. The number of anilines is 1. The predicted molar refractivity (Wildman–Crippen MR) is 102 cm³/mol. The monoisotopic (exact) mass is 333 g/mol. The fourth-order valence-corrected chi connectivity index (χ4v) is 3.57. The van der Waals surface area contributed by atoms with E-state index in [2.05, 4.69) is 52.3 Å². The number of fused-ring (bicyclic) bond motifs is 1. The van der Waals surface area contributed by atoms with Gasteiger partial charge >= 0.3 is 0 Å². The van der Waals surface area contributed by atoms with Crippen molar-refractivity contribution in [2.45, 2.75) is 19.3 Å². The first kappa shape index (κ1) is 16.0. The molecule has 0 spiro atoms. The standard InChI is InChI=1S/C21H23N3O/c25-15-16-5-3-4-12-24(14-16)21-22-11-10-20(23-21)19-9-8-17-6-1-2-7-18(17)13-19/h1-2,6-11,13,16,25H,3-5,12,14-15H2. The number of aliphatic hydroxyl groups is 1. The maximum absolute atomic E-state index is 9.55. The lowest BCUT2D eigenvalue weighted by Crippen LogP contribution is -2.31. The molecule has 1 saturated heterocycles. The molecule has 0 saturated carbocycles. The second-order valence-electron chi connectivity index (χ2n) is 6.79. The summed E-state index contributed by atoms with van der Waals surface area (Å²) < 4.78 is 0. The van der Waals surface area contributed by atoms with E-state index < -0.39 is 0 Å². The van der Waals surface area contributed by atoms with Gasteiger partial charge in [0.1, 0.15) is 0 Å². The summed E-state index contributed by atoms with van der Waals surface area (Å²) in [5.41, 5.74) is 2.05. The van der Waals surface area contributed by atoms with Crippen LogP contribution in [0.5, 0.6) is 0 Å². The molecule has 2 heterocycles. The third-order valence-corrected chi connectivity index (χ3v) is 5.00. The molecule has 4 heteroatoms. The largest absolute Gasteiger partial charge is 0.396 e. The molecule has 1 atom stereocenters. The first-order chi connectivity index (χ1) is 12.3. The van der Waals surface area contributed by atoms with E-state index in [1.54, 1.807) is 0 Å². The molecule has 0 bridgehead atoms. The van der Waals surface area contributed by atoms with Crippen LogP contribution in [-0.4, -0.2) is 34.8 Å². The number of rotatable bonds is 3. The van der Waals surface area contributed by atoms with Gasteiger partial charge in [-0.2, -0.15) is 0 Å². The molecule has 4 rings (SSSR count). The van der Waals surface area contributed by atoms with Gasteiger partial charge in [0, 0.05) is 31.5 Å². The van der Waals surface area contributed by atoms with Crippen molar-refractivity contribution in [2.75, 3.05) is 24.6 Å². The van der Waals surface area contributed by atoms with Crippen molar-refractivity contribution < 1.29 is 5.11 Å². The summed E-state index contributed by atoms with van der Waals surface area (Å²) in [6, 6.07) is 16.8. The molecule has 128 valence electrons. The van der Waals surface area contributed by atoms with Crippen LogP contribution in [0.15, 0.2) is 54.7 Å². The quantitative estimate of drug-likeness (QED) is 0.790. The summed E-state index contributed by atoms with van der Waals surface area (Å²) in [4.78, 5) is 11.5. The van der Waals surface area contributed by atoms with Gasteiger partial charge in [-0.15, -0.1) is 0 Å². The van der Waals surface area contributed by atoms with E-state index >= 15 is 0 Å². The van der Waals surface area contributed by atoms with Gasteiger partial charge in [-0.05, 0) is 41.7 Å². The number of aromatic nitrogens is 2. The number of hydrogen-bond donors (Lipinski definition) is 1. The Kier molecular flexibility index (Phi) is 4.61. The molecule has 0 amide bonds. The highest BCUT2D eigenvalue weighted by molar-refractivity contribution is 5.86. The van der Waals surface area contributed by atoms with Crippen molar-refractivity contribution in [1.29, 1.82) is 0 Å². The maximum Gasteiger partial charge on any atom is 0.225 e. The Morgan fingerprint density at radius 2 is 1.92 bits per heavy atom. The van der Waals surface area contributed by atoms with E-state index in [1.807, 2.05) is 12.3 Å². The molecule has 0 aliphatic carbocycles. The van der Waals surface area contributed by atoms with Crippen LogP contribution in [0.1, 0.15) is 19.3 Å². The molecule has 0 radical (unpaired) electrons. The van der Waals surface area contributed by atoms with Gasteiger partial charge in [0.25, 0.3) is 0 Å². The molecular formula is C21H23N3O. The number of aliphatic hydroxyl groups excluding tert-OH is 1. The van der Waals surface area contributed by atoms with Crippen molar-refractivity contribution in [3.8, 4) is 11.3 Å². The predicted octanol–water partition coefficient (Wildman–Crippen LogP) is 3.90. The second-order valence-corrected chi connectivity index (χ2v) is 6.79. The van der Waals surface area contributed by atoms with Crippen LogP contribution in [0, 0.1) is 5.92 Å².